The van der Waals surface area contributed by atoms with Crippen molar-refractivity contribution in [1.29, 1.82) is 0 Å². The number of ether oxygens (including phenoxy) is 2. The van der Waals surface area contributed by atoms with Crippen molar-refractivity contribution in [3.05, 3.63) is 35.4 Å². The van der Waals surface area contributed by atoms with Gasteiger partial charge in [0.15, 0.2) is 6.04 Å². The number of amides is 1. The van der Waals surface area contributed by atoms with E-state index in [-0.39, 0.29) is 19.1 Å². The molecule has 0 radical (unpaired) electrons. The smallest absolute Gasteiger partial charge is 0.328 e. The molecule has 3 rings (SSSR count). The second-order valence-corrected chi connectivity index (χ2v) is 5.26. The zero-order valence-corrected chi connectivity index (χ0v) is 12.0. The van der Waals surface area contributed by atoms with Gasteiger partial charge in [0.2, 0.25) is 5.91 Å². The first-order valence-corrected chi connectivity index (χ1v) is 7.20. The van der Waals surface area contributed by atoms with Crippen molar-refractivity contribution in [2.24, 2.45) is 0 Å². The fraction of sp³-hybridized carbons (Fsp3) is 0.375. The van der Waals surface area contributed by atoms with Crippen LogP contribution >= 0.6 is 0 Å². The van der Waals surface area contributed by atoms with Gasteiger partial charge in [-0.15, -0.1) is 0 Å². The summed E-state index contributed by atoms with van der Waals surface area (Å²) in [5.74, 6) is -0.467. The summed E-state index contributed by atoms with van der Waals surface area (Å²) in [7, 11) is 0. The molecule has 2 aliphatic heterocycles. The molecular formula is C16H17NO5. The Bertz CT molecular complexity index is 625. The normalized spacial score (nSPS) is 20.7. The van der Waals surface area contributed by atoms with Gasteiger partial charge in [0.1, 0.15) is 5.75 Å². The molecule has 0 spiro atoms. The molecule has 0 bridgehead atoms. The van der Waals surface area contributed by atoms with Crippen LogP contribution in [0.4, 0.5) is 0 Å². The number of nitrogens with zero attached hydrogens (tertiary/aromatic N) is 1. The molecule has 22 heavy (non-hydrogen) atoms. The SMILES string of the molecule is O=C(O)C1COCCN1C(=O)C=Cc1ccc2c(c1)CCO2. The molecule has 1 N–H and O–H groups in total. The standard InChI is InChI=1S/C16H17NO5/c18-15(17-6-8-21-10-13(17)16(19)20)4-2-11-1-3-14-12(9-11)5-7-22-14/h1-4,9,13H,5-8,10H2,(H,19,20). The molecule has 1 saturated heterocycles. The number of hydrogen-bond acceptors (Lipinski definition) is 4. The first-order chi connectivity index (χ1) is 10.6. The molecule has 0 aromatic heterocycles. The molecule has 6 heteroatoms. The first-order valence-electron chi connectivity index (χ1n) is 7.20. The van der Waals surface area contributed by atoms with E-state index in [0.29, 0.717) is 13.2 Å². The first kappa shape index (κ1) is 14.6. The number of fused-ring (bicyclic) bond motifs is 1. The number of carbonyl (C=O) groups excluding carboxylic acids is 1. The van der Waals surface area contributed by atoms with Crippen LogP contribution in [0.25, 0.3) is 6.08 Å². The van der Waals surface area contributed by atoms with Crippen LogP contribution in [0.2, 0.25) is 0 Å². The lowest BCUT2D eigenvalue weighted by Crippen LogP contribution is -2.52. The Kier molecular flexibility index (Phi) is 4.11. The van der Waals surface area contributed by atoms with E-state index in [1.807, 2.05) is 18.2 Å². The van der Waals surface area contributed by atoms with E-state index in [2.05, 4.69) is 0 Å². The summed E-state index contributed by atoms with van der Waals surface area (Å²) < 4.78 is 10.6. The molecule has 2 heterocycles. The molecule has 1 fully saturated rings. The van der Waals surface area contributed by atoms with Crippen molar-refractivity contribution < 1.29 is 24.2 Å². The molecule has 1 atom stereocenters. The van der Waals surface area contributed by atoms with E-state index in [1.54, 1.807) is 6.08 Å². The van der Waals surface area contributed by atoms with Crippen molar-refractivity contribution in [3.63, 3.8) is 0 Å². The molecule has 6 nitrogen and oxygen atoms in total. The zero-order valence-electron chi connectivity index (χ0n) is 12.0. The lowest BCUT2D eigenvalue weighted by atomic mass is 10.1. The van der Waals surface area contributed by atoms with Crippen LogP contribution in [-0.2, 0) is 20.7 Å². The second-order valence-electron chi connectivity index (χ2n) is 5.26. The third kappa shape index (κ3) is 2.96. The highest BCUT2D eigenvalue weighted by atomic mass is 16.5. The Hall–Kier alpha value is -2.34. The number of rotatable bonds is 3. The summed E-state index contributed by atoms with van der Waals surface area (Å²) in [6.45, 7) is 1.37. The van der Waals surface area contributed by atoms with Gasteiger partial charge in [-0.3, -0.25) is 4.79 Å². The number of hydrogen-bond donors (Lipinski definition) is 1. The van der Waals surface area contributed by atoms with Crippen molar-refractivity contribution in [2.45, 2.75) is 12.5 Å². The lowest BCUT2D eigenvalue weighted by molar-refractivity contribution is -0.156. The van der Waals surface area contributed by atoms with Gasteiger partial charge in [-0.25, -0.2) is 4.79 Å². The lowest BCUT2D eigenvalue weighted by Gasteiger charge is -2.31. The van der Waals surface area contributed by atoms with E-state index in [4.69, 9.17) is 14.6 Å². The zero-order chi connectivity index (χ0) is 15.5. The van der Waals surface area contributed by atoms with Crippen molar-refractivity contribution in [2.75, 3.05) is 26.4 Å². The maximum atomic E-state index is 12.2. The number of morpholine rings is 1. The maximum Gasteiger partial charge on any atom is 0.328 e. The topological polar surface area (TPSA) is 76.1 Å². The quantitative estimate of drug-likeness (QED) is 0.841. The van der Waals surface area contributed by atoms with Crippen LogP contribution in [0.1, 0.15) is 11.1 Å². The number of aliphatic carboxylic acids is 1. The van der Waals surface area contributed by atoms with Crippen LogP contribution < -0.4 is 4.74 Å². The molecule has 1 amide bonds. The average Bonchev–Trinajstić information content (AvgIpc) is 3.00. The Morgan fingerprint density at radius 1 is 1.32 bits per heavy atom. The molecule has 116 valence electrons. The van der Waals surface area contributed by atoms with Gasteiger partial charge in [0, 0.05) is 19.0 Å². The van der Waals surface area contributed by atoms with Crippen molar-refractivity contribution in [1.82, 2.24) is 4.90 Å². The van der Waals surface area contributed by atoms with Crippen molar-refractivity contribution >= 4 is 18.0 Å². The highest BCUT2D eigenvalue weighted by Crippen LogP contribution is 2.26. The van der Waals surface area contributed by atoms with Gasteiger partial charge in [-0.2, -0.15) is 0 Å². The summed E-state index contributed by atoms with van der Waals surface area (Å²) >= 11 is 0. The highest BCUT2D eigenvalue weighted by Gasteiger charge is 2.31. The fourth-order valence-corrected chi connectivity index (χ4v) is 2.65. The molecule has 1 unspecified atom stereocenters. The van der Waals surface area contributed by atoms with Crippen LogP contribution in [0.5, 0.6) is 5.75 Å². The molecule has 1 aromatic rings. The van der Waals surface area contributed by atoms with Gasteiger partial charge < -0.3 is 19.5 Å². The number of carboxylic acids is 1. The van der Waals surface area contributed by atoms with Crippen LogP contribution in [0.15, 0.2) is 24.3 Å². The van der Waals surface area contributed by atoms with E-state index in [1.165, 1.54) is 11.0 Å². The summed E-state index contributed by atoms with van der Waals surface area (Å²) in [5.41, 5.74) is 2.03. The van der Waals surface area contributed by atoms with Crippen molar-refractivity contribution in [3.8, 4) is 5.75 Å². The minimum atomic E-state index is -1.05. The third-order valence-corrected chi connectivity index (χ3v) is 3.83. The van der Waals surface area contributed by atoms with E-state index < -0.39 is 12.0 Å². The predicted molar refractivity (Wildman–Crippen MR) is 78.6 cm³/mol. The summed E-state index contributed by atoms with van der Waals surface area (Å²) in [5, 5.41) is 9.14. The third-order valence-electron chi connectivity index (χ3n) is 3.83. The van der Waals surface area contributed by atoms with Gasteiger partial charge in [0.25, 0.3) is 0 Å². The number of carboxylic acid groups (broad SMARTS) is 1. The fourth-order valence-electron chi connectivity index (χ4n) is 2.65. The minimum Gasteiger partial charge on any atom is -0.493 e. The van der Waals surface area contributed by atoms with Gasteiger partial charge in [-0.05, 0) is 29.3 Å². The maximum absolute atomic E-state index is 12.2. The second kappa shape index (κ2) is 6.19. The summed E-state index contributed by atoms with van der Waals surface area (Å²) in [6.07, 6.45) is 3.99. The van der Waals surface area contributed by atoms with Crippen LogP contribution in [0.3, 0.4) is 0 Å². The molecular weight excluding hydrogens is 286 g/mol. The molecule has 0 aliphatic carbocycles. The molecule has 0 saturated carbocycles. The monoisotopic (exact) mass is 303 g/mol. The van der Waals surface area contributed by atoms with Crippen LogP contribution in [0, 0.1) is 0 Å². The highest BCUT2D eigenvalue weighted by molar-refractivity contribution is 5.94. The average molecular weight is 303 g/mol. The number of carbonyl (C=O) groups is 2. The van der Waals surface area contributed by atoms with Gasteiger partial charge >= 0.3 is 5.97 Å². The van der Waals surface area contributed by atoms with E-state index in [9.17, 15) is 9.59 Å². The summed E-state index contributed by atoms with van der Waals surface area (Å²) in [4.78, 5) is 24.7. The Morgan fingerprint density at radius 3 is 3.00 bits per heavy atom. The van der Waals surface area contributed by atoms with Gasteiger partial charge in [-0.1, -0.05) is 6.07 Å². The Balaban J connectivity index is 1.71. The van der Waals surface area contributed by atoms with Gasteiger partial charge in [0.05, 0.1) is 19.8 Å². The predicted octanol–water partition coefficient (Wildman–Crippen LogP) is 0.947. The Morgan fingerprint density at radius 2 is 2.18 bits per heavy atom. The molecule has 1 aromatic carbocycles. The van der Waals surface area contributed by atoms with Crippen LogP contribution in [-0.4, -0.2) is 54.3 Å². The van der Waals surface area contributed by atoms with E-state index >= 15 is 0 Å². The Labute approximate surface area is 127 Å². The summed E-state index contributed by atoms with van der Waals surface area (Å²) in [6, 6.07) is 4.84. The largest absolute Gasteiger partial charge is 0.493 e. The van der Waals surface area contributed by atoms with E-state index in [0.717, 1.165) is 23.3 Å². The minimum absolute atomic E-state index is 0.0328. The number of benzene rings is 1. The molecule has 2 aliphatic rings.